The number of piperidine rings is 1. The zero-order chi connectivity index (χ0) is 29.8. The lowest BCUT2D eigenvalue weighted by Crippen LogP contribution is -2.33. The number of rotatable bonds is 9. The van der Waals surface area contributed by atoms with Gasteiger partial charge in [0.05, 0.1) is 11.2 Å². The maximum atomic E-state index is 12.2. The second kappa shape index (κ2) is 13.2. The molecule has 0 bridgehead atoms. The highest BCUT2D eigenvalue weighted by Crippen LogP contribution is 2.38. The number of amides is 1. The van der Waals surface area contributed by atoms with Crippen molar-refractivity contribution in [3.8, 4) is 16.9 Å². The van der Waals surface area contributed by atoms with Crippen LogP contribution in [0.15, 0.2) is 103 Å². The van der Waals surface area contributed by atoms with Gasteiger partial charge in [0.15, 0.2) is 0 Å². The van der Waals surface area contributed by atoms with Crippen LogP contribution in [0.25, 0.3) is 27.8 Å². The normalized spacial score (nSPS) is 14.4. The molecule has 0 aliphatic carbocycles. The molecule has 6 rings (SSSR count). The van der Waals surface area contributed by atoms with Gasteiger partial charge in [0.2, 0.25) is 5.91 Å². The zero-order valence-electron chi connectivity index (χ0n) is 25.1. The lowest BCUT2D eigenvalue weighted by molar-refractivity contribution is -0.118. The number of benzene rings is 4. The van der Waals surface area contributed by atoms with Gasteiger partial charge in [0, 0.05) is 27.7 Å². The zero-order valence-corrected chi connectivity index (χ0v) is 25.9. The van der Waals surface area contributed by atoms with Gasteiger partial charge in [-0.25, -0.2) is 0 Å². The van der Waals surface area contributed by atoms with E-state index in [-0.39, 0.29) is 11.8 Å². The Morgan fingerprint density at radius 1 is 0.884 bits per heavy atom. The van der Waals surface area contributed by atoms with Gasteiger partial charge in [-0.15, -0.1) is 0 Å². The van der Waals surface area contributed by atoms with E-state index in [0.717, 1.165) is 56.0 Å². The van der Waals surface area contributed by atoms with E-state index in [9.17, 15) is 4.79 Å². The highest BCUT2D eigenvalue weighted by Gasteiger charge is 2.23. The summed E-state index contributed by atoms with van der Waals surface area (Å²) in [5.41, 5.74) is 8.50. The molecule has 0 spiro atoms. The van der Waals surface area contributed by atoms with Crippen molar-refractivity contribution >= 4 is 34.1 Å². The molecule has 5 heteroatoms. The molecule has 0 atom stereocenters. The Balaban J connectivity index is 1.17. The molecule has 1 N–H and O–H groups in total. The summed E-state index contributed by atoms with van der Waals surface area (Å²) in [5.74, 6) is 0.578. The molecule has 0 saturated carbocycles. The van der Waals surface area contributed by atoms with Gasteiger partial charge in [-0.1, -0.05) is 86.1 Å². The summed E-state index contributed by atoms with van der Waals surface area (Å²) in [6, 6.07) is 36.2. The maximum absolute atomic E-state index is 12.2. The fourth-order valence-corrected chi connectivity index (χ4v) is 6.57. The molecule has 4 nitrogen and oxygen atoms in total. The standard InChI is InChI=1S/C38H40ClN3O/c1-27(2)38(43)40-32-11-8-10-30(26-32)28-21-24-41(25-22-28)23-9-15-35-34-14-6-7-16-36(34)42(33-12-4-3-5-13-33)37(35)29-17-19-31(39)20-18-29/h3-8,10-14,16-20,26-28H,9,15,21-25H2,1-2H3,(H,40,43). The minimum absolute atomic E-state index is 0.0240. The molecular formula is C38H40ClN3O. The summed E-state index contributed by atoms with van der Waals surface area (Å²) in [6.07, 6.45) is 4.40. The van der Waals surface area contributed by atoms with Crippen molar-refractivity contribution in [1.29, 1.82) is 0 Å². The second-order valence-electron chi connectivity index (χ2n) is 12.0. The summed E-state index contributed by atoms with van der Waals surface area (Å²) < 4.78 is 2.41. The summed E-state index contributed by atoms with van der Waals surface area (Å²) in [5, 5.41) is 5.13. The first-order valence-corrected chi connectivity index (χ1v) is 15.9. The topological polar surface area (TPSA) is 37.3 Å². The van der Waals surface area contributed by atoms with Crippen molar-refractivity contribution in [1.82, 2.24) is 9.47 Å². The van der Waals surface area contributed by atoms with Gasteiger partial charge in [-0.3, -0.25) is 4.79 Å². The van der Waals surface area contributed by atoms with Crippen molar-refractivity contribution in [2.45, 2.75) is 45.4 Å². The van der Waals surface area contributed by atoms with Crippen molar-refractivity contribution in [2.24, 2.45) is 5.92 Å². The Bertz CT molecular complexity index is 1680. The van der Waals surface area contributed by atoms with E-state index >= 15 is 0 Å². The molecule has 1 saturated heterocycles. The molecule has 1 aliphatic heterocycles. The molecule has 5 aromatic rings. The molecular weight excluding hydrogens is 550 g/mol. The highest BCUT2D eigenvalue weighted by molar-refractivity contribution is 6.30. The number of hydrogen-bond acceptors (Lipinski definition) is 2. The SMILES string of the molecule is CC(C)C(=O)Nc1cccc(C2CCN(CCCc3c(-c4ccc(Cl)cc4)n(-c4ccccc4)c4ccccc34)CC2)c1. The number of aromatic nitrogens is 1. The van der Waals surface area contributed by atoms with Crippen molar-refractivity contribution in [3.05, 3.63) is 119 Å². The molecule has 1 fully saturated rings. The van der Waals surface area contributed by atoms with E-state index in [2.05, 4.69) is 99.7 Å². The first-order valence-electron chi connectivity index (χ1n) is 15.5. The van der Waals surface area contributed by atoms with Crippen LogP contribution in [-0.2, 0) is 11.2 Å². The van der Waals surface area contributed by atoms with Crippen molar-refractivity contribution < 1.29 is 4.79 Å². The number of fused-ring (bicyclic) bond motifs is 1. The van der Waals surface area contributed by atoms with E-state index in [1.165, 1.54) is 39.0 Å². The Hall–Kier alpha value is -3.86. The monoisotopic (exact) mass is 589 g/mol. The number of halogens is 1. The van der Waals surface area contributed by atoms with Gasteiger partial charge in [0.25, 0.3) is 0 Å². The van der Waals surface area contributed by atoms with Crippen LogP contribution >= 0.6 is 11.6 Å². The Morgan fingerprint density at radius 3 is 2.35 bits per heavy atom. The molecule has 1 aromatic heterocycles. The third kappa shape index (κ3) is 6.56. The number of para-hydroxylation sites is 2. The lowest BCUT2D eigenvalue weighted by Gasteiger charge is -2.32. The molecule has 1 aliphatic rings. The molecule has 0 radical (unpaired) electrons. The van der Waals surface area contributed by atoms with E-state index in [1.807, 2.05) is 32.0 Å². The summed E-state index contributed by atoms with van der Waals surface area (Å²) in [7, 11) is 0. The lowest BCUT2D eigenvalue weighted by atomic mass is 9.89. The first-order chi connectivity index (χ1) is 21.0. The number of hydrogen-bond donors (Lipinski definition) is 1. The molecule has 220 valence electrons. The first kappa shape index (κ1) is 29.2. The maximum Gasteiger partial charge on any atom is 0.226 e. The van der Waals surface area contributed by atoms with Gasteiger partial charge in [-0.05, 0) is 110 Å². The largest absolute Gasteiger partial charge is 0.326 e. The van der Waals surface area contributed by atoms with Crippen LogP contribution in [0.3, 0.4) is 0 Å². The number of nitrogens with zero attached hydrogens (tertiary/aromatic N) is 2. The Kier molecular flexibility index (Phi) is 8.97. The molecule has 4 aromatic carbocycles. The summed E-state index contributed by atoms with van der Waals surface area (Å²) >= 11 is 6.30. The van der Waals surface area contributed by atoms with Crippen LogP contribution in [0.5, 0.6) is 0 Å². The number of carbonyl (C=O) groups excluding carboxylic acids is 1. The van der Waals surface area contributed by atoms with Crippen molar-refractivity contribution in [2.75, 3.05) is 25.0 Å². The molecule has 2 heterocycles. The van der Waals surface area contributed by atoms with Crippen molar-refractivity contribution in [3.63, 3.8) is 0 Å². The fraction of sp³-hybridized carbons (Fsp3) is 0.289. The summed E-state index contributed by atoms with van der Waals surface area (Å²) in [6.45, 7) is 7.14. The van der Waals surface area contributed by atoms with Crippen LogP contribution in [0.4, 0.5) is 5.69 Å². The molecule has 43 heavy (non-hydrogen) atoms. The van der Waals surface area contributed by atoms with Gasteiger partial charge >= 0.3 is 0 Å². The number of carbonyl (C=O) groups is 1. The number of nitrogens with one attached hydrogen (secondary N) is 1. The minimum Gasteiger partial charge on any atom is -0.326 e. The molecule has 1 amide bonds. The minimum atomic E-state index is -0.0240. The van der Waals surface area contributed by atoms with E-state index in [1.54, 1.807) is 0 Å². The van der Waals surface area contributed by atoms with Crippen LogP contribution in [0.2, 0.25) is 5.02 Å². The van der Waals surface area contributed by atoms with Crippen LogP contribution < -0.4 is 5.32 Å². The second-order valence-corrected chi connectivity index (χ2v) is 12.4. The number of aryl methyl sites for hydroxylation is 1. The predicted octanol–water partition coefficient (Wildman–Crippen LogP) is 9.36. The third-order valence-electron chi connectivity index (χ3n) is 8.75. The van der Waals surface area contributed by atoms with Crippen LogP contribution in [0, 0.1) is 5.92 Å². The highest BCUT2D eigenvalue weighted by atomic mass is 35.5. The fourth-order valence-electron chi connectivity index (χ4n) is 6.44. The average molecular weight is 590 g/mol. The quantitative estimate of drug-likeness (QED) is 0.186. The average Bonchev–Trinajstić information content (AvgIpc) is 3.36. The van der Waals surface area contributed by atoms with Crippen LogP contribution in [-0.4, -0.2) is 35.0 Å². The van der Waals surface area contributed by atoms with E-state index in [4.69, 9.17) is 11.6 Å². The van der Waals surface area contributed by atoms with Gasteiger partial charge in [0.1, 0.15) is 0 Å². The third-order valence-corrected chi connectivity index (χ3v) is 9.00. The van der Waals surface area contributed by atoms with E-state index in [0.29, 0.717) is 5.92 Å². The van der Waals surface area contributed by atoms with Gasteiger partial charge in [-0.2, -0.15) is 0 Å². The van der Waals surface area contributed by atoms with Crippen LogP contribution in [0.1, 0.15) is 50.2 Å². The number of likely N-dealkylation sites (tertiary alicyclic amines) is 1. The Labute approximate surface area is 260 Å². The number of anilines is 1. The predicted molar refractivity (Wildman–Crippen MR) is 180 cm³/mol. The summed E-state index contributed by atoms with van der Waals surface area (Å²) in [4.78, 5) is 14.8. The Morgan fingerprint density at radius 2 is 1.60 bits per heavy atom. The van der Waals surface area contributed by atoms with Gasteiger partial charge < -0.3 is 14.8 Å². The smallest absolute Gasteiger partial charge is 0.226 e. The van der Waals surface area contributed by atoms with E-state index < -0.39 is 0 Å². The molecule has 0 unspecified atom stereocenters.